The standard InChI is InChI=1S/C41H44F2N5O9PS/c1-27(37-47-35(22-59-37)30-12-8-28(19-44)9-13-30)41(23-48-25-45-24-46-48,33-17-16-32(42)18-34(33)43)55-38(50)53-26-52-21-36(49)31-14-10-29(11-15-31)20-54-58(51,56-39(2,3)4)57-40(5,6)7/h8-18,22,24-25,27H,20-21,23,26H2,1-7H3/t27-,41?/m0/s1. The molecule has 5 rings (SSSR count). The minimum atomic E-state index is -3.96. The fourth-order valence-electron chi connectivity index (χ4n) is 5.72. The van der Waals surface area contributed by atoms with Crippen molar-refractivity contribution in [3.8, 4) is 17.3 Å². The summed E-state index contributed by atoms with van der Waals surface area (Å²) in [6, 6.07) is 18.0. The maximum atomic E-state index is 15.8. The molecule has 3 aromatic carbocycles. The van der Waals surface area contributed by atoms with E-state index in [4.69, 9.17) is 32.8 Å². The minimum absolute atomic E-state index is 0.121. The van der Waals surface area contributed by atoms with E-state index in [1.807, 2.05) is 0 Å². The molecule has 0 aliphatic rings. The van der Waals surface area contributed by atoms with E-state index in [-0.39, 0.29) is 24.3 Å². The van der Waals surface area contributed by atoms with Gasteiger partial charge in [0.1, 0.15) is 35.9 Å². The fourth-order valence-corrected chi connectivity index (χ4v) is 8.48. The molecule has 0 radical (unpaired) electrons. The van der Waals surface area contributed by atoms with Gasteiger partial charge < -0.3 is 14.2 Å². The van der Waals surface area contributed by atoms with Gasteiger partial charge in [-0.1, -0.05) is 43.3 Å². The van der Waals surface area contributed by atoms with Crippen molar-refractivity contribution in [2.24, 2.45) is 0 Å². The van der Waals surface area contributed by atoms with Crippen molar-refractivity contribution in [1.29, 1.82) is 5.26 Å². The Bertz CT molecular complexity index is 2290. The van der Waals surface area contributed by atoms with Crippen LogP contribution < -0.4 is 0 Å². The summed E-state index contributed by atoms with van der Waals surface area (Å²) in [6.07, 6.45) is 1.30. The number of halogens is 2. The lowest BCUT2D eigenvalue weighted by Gasteiger charge is -2.37. The molecule has 0 amide bonds. The predicted octanol–water partition coefficient (Wildman–Crippen LogP) is 9.52. The van der Waals surface area contributed by atoms with Gasteiger partial charge in [0.25, 0.3) is 0 Å². The van der Waals surface area contributed by atoms with Gasteiger partial charge in [0.05, 0.1) is 47.6 Å². The van der Waals surface area contributed by atoms with Crippen molar-refractivity contribution in [2.75, 3.05) is 13.4 Å². The number of carbonyl (C=O) groups excluding carboxylic acids is 2. The number of nitrogens with zero attached hydrogens (tertiary/aromatic N) is 5. The van der Waals surface area contributed by atoms with Crippen LogP contribution in [0.5, 0.6) is 0 Å². The van der Waals surface area contributed by atoms with Crippen LogP contribution in [0, 0.1) is 23.0 Å². The van der Waals surface area contributed by atoms with Crippen molar-refractivity contribution < 1.29 is 50.7 Å². The number of phosphoric acid groups is 1. The molecular weight excluding hydrogens is 808 g/mol. The van der Waals surface area contributed by atoms with Gasteiger partial charge in [-0.15, -0.1) is 11.3 Å². The first-order valence-electron chi connectivity index (χ1n) is 18.2. The third kappa shape index (κ3) is 12.4. The first kappa shape index (κ1) is 44.9. The lowest BCUT2D eigenvalue weighted by atomic mass is 9.81. The Balaban J connectivity index is 1.27. The number of benzene rings is 3. The van der Waals surface area contributed by atoms with E-state index in [0.29, 0.717) is 33.5 Å². The van der Waals surface area contributed by atoms with Crippen LogP contribution in [0.4, 0.5) is 13.6 Å². The van der Waals surface area contributed by atoms with Crippen molar-refractivity contribution in [3.05, 3.63) is 124 Å². The van der Waals surface area contributed by atoms with Crippen molar-refractivity contribution in [1.82, 2.24) is 19.7 Å². The molecule has 0 aliphatic carbocycles. The Kier molecular flexibility index (Phi) is 14.3. The molecule has 0 fully saturated rings. The highest BCUT2D eigenvalue weighted by molar-refractivity contribution is 7.48. The molecule has 0 saturated carbocycles. The smallest absolute Gasteiger partial charge is 0.420 e. The summed E-state index contributed by atoms with van der Waals surface area (Å²) < 4.78 is 78.2. The third-order valence-electron chi connectivity index (χ3n) is 8.35. The largest absolute Gasteiger partial charge is 0.511 e. The summed E-state index contributed by atoms with van der Waals surface area (Å²) in [5.74, 6) is -3.19. The Morgan fingerprint density at radius 1 is 0.966 bits per heavy atom. The number of aromatic nitrogens is 4. The summed E-state index contributed by atoms with van der Waals surface area (Å²) in [5, 5.41) is 15.5. The van der Waals surface area contributed by atoms with Crippen LogP contribution in [-0.4, -0.2) is 56.3 Å². The second-order valence-electron chi connectivity index (χ2n) is 15.3. The predicted molar refractivity (Wildman–Crippen MR) is 212 cm³/mol. The molecule has 1 unspecified atom stereocenters. The second-order valence-corrected chi connectivity index (χ2v) is 17.7. The van der Waals surface area contributed by atoms with E-state index in [0.717, 1.165) is 6.07 Å². The first-order chi connectivity index (χ1) is 27.8. The van der Waals surface area contributed by atoms with Gasteiger partial charge in [-0.2, -0.15) is 10.4 Å². The first-order valence-corrected chi connectivity index (χ1v) is 20.6. The van der Waals surface area contributed by atoms with Crippen molar-refractivity contribution in [3.63, 3.8) is 0 Å². The van der Waals surface area contributed by atoms with E-state index < -0.39 is 67.5 Å². The highest BCUT2D eigenvalue weighted by atomic mass is 32.1. The molecule has 0 saturated heterocycles. The average Bonchev–Trinajstić information content (AvgIpc) is 3.87. The maximum absolute atomic E-state index is 15.8. The van der Waals surface area contributed by atoms with Crippen LogP contribution in [0.2, 0.25) is 0 Å². The van der Waals surface area contributed by atoms with E-state index in [1.165, 1.54) is 46.9 Å². The molecule has 0 spiro atoms. The molecule has 312 valence electrons. The number of ether oxygens (including phenoxy) is 3. The fraction of sp³-hybridized carbons (Fsp3) is 0.366. The quantitative estimate of drug-likeness (QED) is 0.0285. The molecule has 18 heteroatoms. The average molecular weight is 852 g/mol. The summed E-state index contributed by atoms with van der Waals surface area (Å²) in [6.45, 7) is 10.4. The maximum Gasteiger partial charge on any atom is 0.511 e. The molecule has 0 N–H and O–H groups in total. The van der Waals surface area contributed by atoms with E-state index in [9.17, 15) is 23.8 Å². The Labute approximate surface area is 344 Å². The van der Waals surface area contributed by atoms with Gasteiger partial charge in [-0.25, -0.2) is 32.8 Å². The molecule has 0 aliphatic heterocycles. The molecule has 2 atom stereocenters. The molecule has 14 nitrogen and oxygen atoms in total. The Morgan fingerprint density at radius 3 is 2.24 bits per heavy atom. The van der Waals surface area contributed by atoms with Crippen molar-refractivity contribution >= 4 is 31.1 Å². The van der Waals surface area contributed by atoms with Crippen LogP contribution in [0.3, 0.4) is 0 Å². The van der Waals surface area contributed by atoms with E-state index in [1.54, 1.807) is 90.2 Å². The van der Waals surface area contributed by atoms with Gasteiger partial charge in [0.15, 0.2) is 18.2 Å². The number of phosphoric ester groups is 1. The highest BCUT2D eigenvalue weighted by Gasteiger charge is 2.48. The van der Waals surface area contributed by atoms with Crippen LogP contribution in [0.25, 0.3) is 11.3 Å². The topological polar surface area (TPSA) is 174 Å². The zero-order valence-electron chi connectivity index (χ0n) is 33.5. The molecule has 59 heavy (non-hydrogen) atoms. The molecule has 2 heterocycles. The summed E-state index contributed by atoms with van der Waals surface area (Å²) in [7, 11) is -3.96. The second kappa shape index (κ2) is 18.8. The van der Waals surface area contributed by atoms with Gasteiger partial charge in [0, 0.05) is 28.1 Å². The van der Waals surface area contributed by atoms with Crippen LogP contribution in [0.15, 0.2) is 84.8 Å². The Morgan fingerprint density at radius 2 is 1.64 bits per heavy atom. The van der Waals surface area contributed by atoms with Crippen LogP contribution in [-0.2, 0) is 51.1 Å². The van der Waals surface area contributed by atoms with Gasteiger partial charge in [0.2, 0.25) is 0 Å². The molecule has 5 aromatic rings. The zero-order valence-corrected chi connectivity index (χ0v) is 35.2. The number of hydrogen-bond donors (Lipinski definition) is 0. The SMILES string of the molecule is C[C@@H](c1nc(-c2ccc(C#N)cc2)cs1)C(Cn1cncn1)(OC(=O)OCOCC(=O)c1ccc(COP(=O)(OC(C)(C)C)OC(C)(C)C)cc1)c1ccc(F)cc1F. The summed E-state index contributed by atoms with van der Waals surface area (Å²) in [5.41, 5.74) is -1.14. The van der Waals surface area contributed by atoms with Crippen LogP contribution in [0.1, 0.15) is 86.4 Å². The monoisotopic (exact) mass is 851 g/mol. The lowest BCUT2D eigenvalue weighted by molar-refractivity contribution is -0.0957. The number of thiazole rings is 1. The lowest BCUT2D eigenvalue weighted by Crippen LogP contribution is -2.43. The van der Waals surface area contributed by atoms with Gasteiger partial charge in [-0.05, 0) is 71.4 Å². The van der Waals surface area contributed by atoms with E-state index in [2.05, 4.69) is 16.2 Å². The number of carbonyl (C=O) groups is 2. The summed E-state index contributed by atoms with van der Waals surface area (Å²) in [4.78, 5) is 35.1. The Hall–Kier alpha value is -5.21. The molecule has 0 bridgehead atoms. The van der Waals surface area contributed by atoms with Gasteiger partial charge in [-0.3, -0.25) is 18.4 Å². The molecule has 2 aromatic heterocycles. The number of hydrogen-bond acceptors (Lipinski definition) is 14. The van der Waals surface area contributed by atoms with E-state index >= 15 is 4.39 Å². The number of Topliss-reactive ketones (excluding diaryl/α,β-unsaturated/α-hetero) is 1. The third-order valence-corrected chi connectivity index (χ3v) is 11.4. The highest BCUT2D eigenvalue weighted by Crippen LogP contribution is 2.56. The number of ketones is 1. The van der Waals surface area contributed by atoms with Crippen molar-refractivity contribution in [2.45, 2.75) is 84.3 Å². The van der Waals surface area contributed by atoms with Crippen LogP contribution >= 0.6 is 19.2 Å². The van der Waals surface area contributed by atoms with Gasteiger partial charge >= 0.3 is 14.0 Å². The number of nitriles is 1. The molecular formula is C41H44F2N5O9PS. The zero-order chi connectivity index (χ0) is 43.0. The normalized spacial score (nSPS) is 13.6. The number of rotatable bonds is 17. The minimum Gasteiger partial charge on any atom is -0.420 e. The summed E-state index contributed by atoms with van der Waals surface area (Å²) >= 11 is 1.22.